The smallest absolute Gasteiger partial charge is 0.342 e. The van der Waals surface area contributed by atoms with Gasteiger partial charge in [-0.25, -0.2) is 4.79 Å². The number of urea groups is 1. The molecule has 174 valence electrons. The van der Waals surface area contributed by atoms with Crippen LogP contribution in [0.2, 0.25) is 5.02 Å². The molecule has 0 saturated heterocycles. The number of halogens is 5. The highest BCUT2D eigenvalue weighted by atomic mass is 79.9. The van der Waals surface area contributed by atoms with Gasteiger partial charge < -0.3 is 15.2 Å². The molecular formula is C23H20BrClF3N3O2. The van der Waals surface area contributed by atoms with E-state index >= 15 is 0 Å². The summed E-state index contributed by atoms with van der Waals surface area (Å²) in [6.45, 7) is 3.89. The Morgan fingerprint density at radius 2 is 1.85 bits per heavy atom. The highest BCUT2D eigenvalue weighted by Crippen LogP contribution is 2.39. The van der Waals surface area contributed by atoms with E-state index in [-0.39, 0.29) is 34.3 Å². The fraction of sp³-hybridized carbons (Fsp3) is 0.217. The number of alkyl halides is 3. The number of benzene rings is 2. The molecule has 0 spiro atoms. The minimum absolute atomic E-state index is 0.0357. The van der Waals surface area contributed by atoms with E-state index in [2.05, 4.69) is 26.6 Å². The minimum atomic E-state index is -4.63. The molecule has 2 amide bonds. The third kappa shape index (κ3) is 6.17. The van der Waals surface area contributed by atoms with Gasteiger partial charge >= 0.3 is 12.2 Å². The van der Waals surface area contributed by atoms with Gasteiger partial charge in [0.1, 0.15) is 0 Å². The van der Waals surface area contributed by atoms with Crippen LogP contribution in [0, 0.1) is 0 Å². The molecule has 3 aromatic rings. The van der Waals surface area contributed by atoms with Gasteiger partial charge in [0, 0.05) is 36.1 Å². The number of rotatable bonds is 5. The number of pyridine rings is 1. The lowest BCUT2D eigenvalue weighted by Gasteiger charge is -2.18. The second kappa shape index (κ2) is 10.0. The predicted molar refractivity (Wildman–Crippen MR) is 127 cm³/mol. The van der Waals surface area contributed by atoms with Gasteiger partial charge in [0.15, 0.2) is 5.43 Å². The Morgan fingerprint density at radius 1 is 1.15 bits per heavy atom. The summed E-state index contributed by atoms with van der Waals surface area (Å²) in [6, 6.07) is 11.4. The summed E-state index contributed by atoms with van der Waals surface area (Å²) in [4.78, 5) is 24.3. The Morgan fingerprint density at radius 3 is 2.52 bits per heavy atom. The Balaban J connectivity index is 2.02. The summed E-state index contributed by atoms with van der Waals surface area (Å²) in [6.07, 6.45) is -3.13. The molecule has 1 heterocycles. The van der Waals surface area contributed by atoms with Crippen molar-refractivity contribution in [3.63, 3.8) is 0 Å². The van der Waals surface area contributed by atoms with Crippen LogP contribution in [0.5, 0.6) is 0 Å². The van der Waals surface area contributed by atoms with Gasteiger partial charge in [0.25, 0.3) is 0 Å². The van der Waals surface area contributed by atoms with Gasteiger partial charge in [-0.1, -0.05) is 35.9 Å². The molecule has 0 saturated carbocycles. The van der Waals surface area contributed by atoms with Crippen LogP contribution in [0.4, 0.5) is 23.7 Å². The van der Waals surface area contributed by atoms with E-state index in [1.165, 1.54) is 24.4 Å². The maximum absolute atomic E-state index is 13.4. The number of nitrogens with zero attached hydrogens (tertiary/aromatic N) is 1. The zero-order valence-corrected chi connectivity index (χ0v) is 20.0. The first kappa shape index (κ1) is 24.9. The van der Waals surface area contributed by atoms with Crippen molar-refractivity contribution in [2.45, 2.75) is 32.6 Å². The molecule has 0 atom stereocenters. The fourth-order valence-corrected chi connectivity index (χ4v) is 3.92. The number of nitrogens with one attached hydrogen (secondary N) is 2. The molecule has 0 unspecified atom stereocenters. The van der Waals surface area contributed by atoms with Crippen molar-refractivity contribution in [1.82, 2.24) is 9.88 Å². The van der Waals surface area contributed by atoms with Gasteiger partial charge in [0.2, 0.25) is 0 Å². The van der Waals surface area contributed by atoms with E-state index in [9.17, 15) is 22.8 Å². The Labute approximate surface area is 201 Å². The van der Waals surface area contributed by atoms with Crippen LogP contribution < -0.4 is 16.1 Å². The van der Waals surface area contributed by atoms with Crippen LogP contribution in [0.1, 0.15) is 25.0 Å². The Kier molecular flexibility index (Phi) is 7.54. The summed E-state index contributed by atoms with van der Waals surface area (Å²) < 4.78 is 42.0. The first-order valence-electron chi connectivity index (χ1n) is 9.88. The third-order valence-electron chi connectivity index (χ3n) is 4.62. The fourth-order valence-electron chi connectivity index (χ4n) is 3.23. The summed E-state index contributed by atoms with van der Waals surface area (Å²) >= 11 is 9.31. The number of hydrogen-bond donors (Lipinski definition) is 2. The van der Waals surface area contributed by atoms with Crippen molar-refractivity contribution in [3.05, 3.63) is 85.6 Å². The average molecular weight is 543 g/mol. The van der Waals surface area contributed by atoms with Crippen molar-refractivity contribution in [3.8, 4) is 11.3 Å². The van der Waals surface area contributed by atoms with E-state index in [0.29, 0.717) is 5.69 Å². The van der Waals surface area contributed by atoms with E-state index in [4.69, 9.17) is 11.6 Å². The molecule has 0 aliphatic carbocycles. The highest BCUT2D eigenvalue weighted by Gasteiger charge is 2.34. The molecular weight excluding hydrogens is 523 g/mol. The molecule has 1 aromatic heterocycles. The number of anilines is 1. The van der Waals surface area contributed by atoms with Crippen LogP contribution in [0.25, 0.3) is 11.3 Å². The number of carbonyl (C=O) groups is 1. The molecule has 2 N–H and O–H groups in total. The summed E-state index contributed by atoms with van der Waals surface area (Å²) in [5, 5.41) is 4.98. The maximum atomic E-state index is 13.4. The Bertz CT molecular complexity index is 1240. The molecule has 33 heavy (non-hydrogen) atoms. The SMILES string of the molecule is CC(C)NC(=O)Nc1cccc(Cn2cc(Br)c(=O)cc2-c2cccc(C(F)(F)F)c2Cl)c1. The number of aromatic nitrogens is 1. The lowest BCUT2D eigenvalue weighted by atomic mass is 10.1. The molecule has 10 heteroatoms. The maximum Gasteiger partial charge on any atom is 0.417 e. The molecule has 2 aromatic carbocycles. The topological polar surface area (TPSA) is 63.1 Å². The summed E-state index contributed by atoms with van der Waals surface area (Å²) in [7, 11) is 0. The normalized spacial score (nSPS) is 11.5. The summed E-state index contributed by atoms with van der Waals surface area (Å²) in [5.74, 6) is 0. The number of carbonyl (C=O) groups excluding carboxylic acids is 1. The van der Waals surface area contributed by atoms with Gasteiger partial charge in [-0.05, 0) is 53.5 Å². The predicted octanol–water partition coefficient (Wildman–Crippen LogP) is 6.53. The first-order valence-corrected chi connectivity index (χ1v) is 11.1. The zero-order chi connectivity index (χ0) is 24.3. The molecule has 0 bridgehead atoms. The van der Waals surface area contributed by atoms with Gasteiger partial charge in [-0.2, -0.15) is 13.2 Å². The van der Waals surface area contributed by atoms with Crippen LogP contribution in [0.15, 0.2) is 64.0 Å². The van der Waals surface area contributed by atoms with Crippen molar-refractivity contribution in [2.24, 2.45) is 0 Å². The van der Waals surface area contributed by atoms with Crippen molar-refractivity contribution < 1.29 is 18.0 Å². The molecule has 0 aliphatic heterocycles. The molecule has 3 rings (SSSR count). The quantitative estimate of drug-likeness (QED) is 0.385. The highest BCUT2D eigenvalue weighted by molar-refractivity contribution is 9.10. The second-order valence-electron chi connectivity index (χ2n) is 7.62. The minimum Gasteiger partial charge on any atom is -0.342 e. The van der Waals surface area contributed by atoms with Crippen molar-refractivity contribution in [1.29, 1.82) is 0 Å². The van der Waals surface area contributed by atoms with E-state index in [1.54, 1.807) is 28.8 Å². The average Bonchev–Trinajstić information content (AvgIpc) is 2.69. The number of hydrogen-bond acceptors (Lipinski definition) is 2. The van der Waals surface area contributed by atoms with Gasteiger partial charge in [-0.15, -0.1) is 0 Å². The Hall–Kier alpha value is -2.78. The van der Waals surface area contributed by atoms with E-state index < -0.39 is 22.2 Å². The van der Waals surface area contributed by atoms with E-state index in [0.717, 1.165) is 11.6 Å². The summed E-state index contributed by atoms with van der Waals surface area (Å²) in [5.41, 5.74) is 0.236. The van der Waals surface area contributed by atoms with Gasteiger partial charge in [-0.3, -0.25) is 4.79 Å². The van der Waals surface area contributed by atoms with Crippen LogP contribution >= 0.6 is 27.5 Å². The molecule has 0 aliphatic rings. The lowest BCUT2D eigenvalue weighted by molar-refractivity contribution is -0.137. The van der Waals surface area contributed by atoms with Crippen LogP contribution in [-0.2, 0) is 12.7 Å². The van der Waals surface area contributed by atoms with Crippen molar-refractivity contribution >= 4 is 39.2 Å². The van der Waals surface area contributed by atoms with Crippen molar-refractivity contribution in [2.75, 3.05) is 5.32 Å². The largest absolute Gasteiger partial charge is 0.417 e. The number of amides is 2. The first-order chi connectivity index (χ1) is 15.5. The molecule has 0 radical (unpaired) electrons. The van der Waals surface area contributed by atoms with Crippen LogP contribution in [-0.4, -0.2) is 16.6 Å². The van der Waals surface area contributed by atoms with Gasteiger partial charge in [0.05, 0.1) is 20.8 Å². The lowest BCUT2D eigenvalue weighted by Crippen LogP contribution is -2.34. The third-order valence-corrected chi connectivity index (χ3v) is 5.62. The zero-order valence-electron chi connectivity index (χ0n) is 17.6. The second-order valence-corrected chi connectivity index (χ2v) is 8.85. The van der Waals surface area contributed by atoms with E-state index in [1.807, 2.05) is 13.8 Å². The standard InChI is InChI=1S/C23H20BrClF3N3O2/c1-13(2)29-22(33)30-15-6-3-5-14(9-15)11-31-12-18(24)20(32)10-19(31)16-7-4-8-17(21(16)25)23(26,27)28/h3-10,12-13H,11H2,1-2H3,(H2,29,30,33). The molecule has 5 nitrogen and oxygen atoms in total. The molecule has 0 fully saturated rings. The monoisotopic (exact) mass is 541 g/mol. The van der Waals surface area contributed by atoms with Crippen LogP contribution in [0.3, 0.4) is 0 Å².